The van der Waals surface area contributed by atoms with Crippen molar-refractivity contribution in [3.05, 3.63) is 72.3 Å². The lowest BCUT2D eigenvalue weighted by atomic mass is 10.1. The Bertz CT molecular complexity index is 1010. The zero-order chi connectivity index (χ0) is 17.2. The van der Waals surface area contributed by atoms with Crippen LogP contribution >= 0.6 is 0 Å². The van der Waals surface area contributed by atoms with Crippen molar-refractivity contribution < 1.29 is 4.79 Å². The van der Waals surface area contributed by atoms with E-state index in [1.165, 1.54) is 0 Å². The maximum Gasteiger partial charge on any atom is 0.267 e. The third kappa shape index (κ3) is 3.01. The zero-order valence-electron chi connectivity index (χ0n) is 13.7. The molecule has 0 saturated heterocycles. The van der Waals surface area contributed by atoms with Gasteiger partial charge in [0.05, 0.1) is 11.9 Å². The molecule has 3 aromatic heterocycles. The van der Waals surface area contributed by atoms with Crippen LogP contribution in [0, 0.1) is 0 Å². The second kappa shape index (κ2) is 6.24. The Morgan fingerprint density at radius 3 is 2.92 bits per heavy atom. The van der Waals surface area contributed by atoms with E-state index < -0.39 is 0 Å². The molecule has 0 spiro atoms. The van der Waals surface area contributed by atoms with Crippen molar-refractivity contribution in [2.45, 2.75) is 6.54 Å². The van der Waals surface area contributed by atoms with Crippen molar-refractivity contribution in [1.29, 1.82) is 0 Å². The number of hydrogen-bond donors (Lipinski definition) is 2. The molecule has 0 bridgehead atoms. The van der Waals surface area contributed by atoms with Gasteiger partial charge in [0.1, 0.15) is 5.69 Å². The van der Waals surface area contributed by atoms with Gasteiger partial charge >= 0.3 is 0 Å². The van der Waals surface area contributed by atoms with Crippen molar-refractivity contribution in [2.75, 3.05) is 0 Å². The lowest BCUT2D eigenvalue weighted by Gasteiger charge is -2.08. The van der Waals surface area contributed by atoms with Crippen molar-refractivity contribution >= 4 is 16.8 Å². The Kier molecular flexibility index (Phi) is 3.78. The summed E-state index contributed by atoms with van der Waals surface area (Å²) in [5, 5.41) is 8.16. The van der Waals surface area contributed by atoms with Gasteiger partial charge in [0, 0.05) is 42.5 Å². The summed E-state index contributed by atoms with van der Waals surface area (Å²) in [4.78, 5) is 20.0. The first-order valence-electron chi connectivity index (χ1n) is 7.99. The van der Waals surface area contributed by atoms with E-state index in [1.807, 2.05) is 55.7 Å². The topological polar surface area (TPSA) is 75.6 Å². The molecule has 0 radical (unpaired) electrons. The number of aromatic nitrogens is 4. The summed E-state index contributed by atoms with van der Waals surface area (Å²) in [5.74, 6) is -0.141. The monoisotopic (exact) mass is 331 g/mol. The minimum absolute atomic E-state index is 0.141. The van der Waals surface area contributed by atoms with Crippen LogP contribution in [0.3, 0.4) is 0 Å². The van der Waals surface area contributed by atoms with E-state index in [1.54, 1.807) is 17.1 Å². The van der Waals surface area contributed by atoms with Gasteiger partial charge in [-0.3, -0.25) is 14.5 Å². The van der Waals surface area contributed by atoms with E-state index >= 15 is 0 Å². The first kappa shape index (κ1) is 15.1. The molecular formula is C19H17N5O. The van der Waals surface area contributed by atoms with Gasteiger partial charge in [-0.15, -0.1) is 0 Å². The second-order valence-electron chi connectivity index (χ2n) is 5.87. The van der Waals surface area contributed by atoms with Crippen LogP contribution in [-0.4, -0.2) is 25.7 Å². The number of para-hydroxylation sites is 1. The minimum Gasteiger partial charge on any atom is -0.351 e. The molecule has 1 amide bonds. The Morgan fingerprint density at radius 2 is 2.12 bits per heavy atom. The summed E-state index contributed by atoms with van der Waals surface area (Å²) in [6.45, 7) is 0.395. The lowest BCUT2D eigenvalue weighted by Crippen LogP contribution is -2.23. The normalized spacial score (nSPS) is 10.9. The van der Waals surface area contributed by atoms with Crippen LogP contribution in [0.1, 0.15) is 16.1 Å². The molecule has 2 N–H and O–H groups in total. The minimum atomic E-state index is -0.141. The van der Waals surface area contributed by atoms with Crippen LogP contribution in [0.4, 0.5) is 0 Å². The third-order valence-corrected chi connectivity index (χ3v) is 4.08. The van der Waals surface area contributed by atoms with E-state index in [4.69, 9.17) is 0 Å². The highest BCUT2D eigenvalue weighted by atomic mass is 16.1. The number of rotatable bonds is 4. The van der Waals surface area contributed by atoms with Crippen LogP contribution < -0.4 is 5.32 Å². The molecule has 0 atom stereocenters. The Hall–Kier alpha value is -3.41. The molecule has 0 unspecified atom stereocenters. The maximum absolute atomic E-state index is 12.5. The number of amides is 1. The lowest BCUT2D eigenvalue weighted by molar-refractivity contribution is 0.0947. The predicted octanol–water partition coefficient (Wildman–Crippen LogP) is 2.89. The van der Waals surface area contributed by atoms with E-state index in [2.05, 4.69) is 20.4 Å². The highest BCUT2D eigenvalue weighted by Crippen LogP contribution is 2.20. The van der Waals surface area contributed by atoms with Gasteiger partial charge in [-0.05, 0) is 23.8 Å². The summed E-state index contributed by atoms with van der Waals surface area (Å²) in [6, 6.07) is 13.5. The number of nitrogens with zero attached hydrogens (tertiary/aromatic N) is 3. The summed E-state index contributed by atoms with van der Waals surface area (Å²) in [7, 11) is 1.86. The number of benzene rings is 1. The number of nitrogens with one attached hydrogen (secondary N) is 2. The quantitative estimate of drug-likeness (QED) is 0.604. The second-order valence-corrected chi connectivity index (χ2v) is 5.87. The van der Waals surface area contributed by atoms with E-state index in [0.717, 1.165) is 27.7 Å². The average molecular weight is 331 g/mol. The summed E-state index contributed by atoms with van der Waals surface area (Å²) >= 11 is 0. The zero-order valence-corrected chi connectivity index (χ0v) is 13.7. The van der Waals surface area contributed by atoms with Gasteiger partial charge in [-0.1, -0.05) is 24.3 Å². The van der Waals surface area contributed by atoms with Gasteiger partial charge in [0.25, 0.3) is 5.91 Å². The van der Waals surface area contributed by atoms with Crippen LogP contribution in [0.25, 0.3) is 22.2 Å². The highest BCUT2D eigenvalue weighted by molar-refractivity contribution is 5.98. The van der Waals surface area contributed by atoms with Crippen molar-refractivity contribution in [2.24, 2.45) is 7.05 Å². The van der Waals surface area contributed by atoms with Crippen molar-refractivity contribution in [3.8, 4) is 11.3 Å². The molecule has 0 aliphatic carbocycles. The van der Waals surface area contributed by atoms with E-state index in [9.17, 15) is 4.79 Å². The number of carbonyl (C=O) groups is 1. The SMILES string of the molecule is Cn1cc(-c2ncccc2CNC(=O)c2cc3ccccc3[nH]2)cn1. The Balaban J connectivity index is 1.54. The van der Waals surface area contributed by atoms with Crippen LogP contribution in [-0.2, 0) is 13.6 Å². The molecular weight excluding hydrogens is 314 g/mol. The number of fused-ring (bicyclic) bond motifs is 1. The van der Waals surface area contributed by atoms with E-state index in [-0.39, 0.29) is 5.91 Å². The molecule has 0 aliphatic rings. The Labute approximate surface area is 144 Å². The summed E-state index contributed by atoms with van der Waals surface area (Å²) < 4.78 is 1.73. The molecule has 1 aromatic carbocycles. The summed E-state index contributed by atoms with van der Waals surface area (Å²) in [5.41, 5.74) is 4.20. The largest absolute Gasteiger partial charge is 0.351 e. The molecule has 6 heteroatoms. The molecule has 25 heavy (non-hydrogen) atoms. The fourth-order valence-corrected chi connectivity index (χ4v) is 2.85. The predicted molar refractivity (Wildman–Crippen MR) is 95.9 cm³/mol. The molecule has 4 rings (SSSR count). The first-order valence-corrected chi connectivity index (χ1v) is 7.99. The van der Waals surface area contributed by atoms with Crippen LogP contribution in [0.15, 0.2) is 61.1 Å². The van der Waals surface area contributed by atoms with Crippen molar-refractivity contribution in [3.63, 3.8) is 0 Å². The van der Waals surface area contributed by atoms with Crippen molar-refractivity contribution in [1.82, 2.24) is 25.1 Å². The molecule has 3 heterocycles. The molecule has 0 aliphatic heterocycles. The number of hydrogen-bond acceptors (Lipinski definition) is 3. The third-order valence-electron chi connectivity index (χ3n) is 4.08. The fourth-order valence-electron chi connectivity index (χ4n) is 2.85. The smallest absolute Gasteiger partial charge is 0.267 e. The number of aromatic amines is 1. The molecule has 6 nitrogen and oxygen atoms in total. The first-order chi connectivity index (χ1) is 12.2. The average Bonchev–Trinajstić information content (AvgIpc) is 3.26. The van der Waals surface area contributed by atoms with Crippen LogP contribution in [0.5, 0.6) is 0 Å². The fraction of sp³-hybridized carbons (Fsp3) is 0.105. The molecule has 124 valence electrons. The molecule has 4 aromatic rings. The number of H-pyrrole nitrogens is 1. The number of aryl methyl sites for hydroxylation is 1. The van der Waals surface area contributed by atoms with Gasteiger partial charge in [-0.2, -0.15) is 5.10 Å². The maximum atomic E-state index is 12.5. The van der Waals surface area contributed by atoms with Gasteiger partial charge in [0.2, 0.25) is 0 Å². The van der Waals surface area contributed by atoms with Gasteiger partial charge in [-0.25, -0.2) is 0 Å². The number of carbonyl (C=O) groups excluding carboxylic acids is 1. The summed E-state index contributed by atoms with van der Waals surface area (Å²) in [6.07, 6.45) is 5.42. The Morgan fingerprint density at radius 1 is 1.24 bits per heavy atom. The number of pyridine rings is 1. The van der Waals surface area contributed by atoms with Gasteiger partial charge < -0.3 is 10.3 Å². The highest BCUT2D eigenvalue weighted by Gasteiger charge is 2.12. The standard InChI is InChI=1S/C19H17N5O/c1-24-12-15(11-22-24)18-14(6-4-8-20-18)10-21-19(25)17-9-13-5-2-3-7-16(13)23-17/h2-9,11-12,23H,10H2,1H3,(H,21,25). The molecule has 0 saturated carbocycles. The molecule has 0 fully saturated rings. The van der Waals surface area contributed by atoms with Crippen LogP contribution in [0.2, 0.25) is 0 Å². The van der Waals surface area contributed by atoms with Gasteiger partial charge in [0.15, 0.2) is 0 Å². The van der Waals surface area contributed by atoms with E-state index in [0.29, 0.717) is 12.2 Å².